The number of esters is 1. The Hall–Kier alpha value is -4.21. The smallest absolute Gasteiger partial charge is 0.380 e. The summed E-state index contributed by atoms with van der Waals surface area (Å²) in [6.45, 7) is 2.24. The molecule has 2 aliphatic heterocycles. The van der Waals surface area contributed by atoms with E-state index in [1.165, 1.54) is 12.0 Å². The van der Waals surface area contributed by atoms with Crippen LogP contribution in [0.15, 0.2) is 59.7 Å². The summed E-state index contributed by atoms with van der Waals surface area (Å²) in [6.07, 6.45) is 6.80. The molecule has 0 bridgehead atoms. The van der Waals surface area contributed by atoms with Crippen LogP contribution >= 0.6 is 0 Å². The van der Waals surface area contributed by atoms with E-state index in [1.54, 1.807) is 13.4 Å². The Labute approximate surface area is 206 Å². The van der Waals surface area contributed by atoms with E-state index in [1.807, 2.05) is 42.0 Å². The highest BCUT2D eigenvalue weighted by Gasteiger charge is 2.58. The number of methoxy groups -OCH3 is 2. The van der Waals surface area contributed by atoms with Gasteiger partial charge in [0.2, 0.25) is 0 Å². The highest BCUT2D eigenvalue weighted by atomic mass is 19.1. The van der Waals surface area contributed by atoms with Gasteiger partial charge in [0.1, 0.15) is 17.4 Å². The molecule has 1 fully saturated rings. The largest absolute Gasteiger partial charge is 0.495 e. The van der Waals surface area contributed by atoms with Crippen molar-refractivity contribution in [1.29, 1.82) is 0 Å². The molecule has 3 heterocycles. The molecule has 3 aromatic rings. The first kappa shape index (κ1) is 23.5. The highest BCUT2D eigenvalue weighted by molar-refractivity contribution is 6.06. The number of halogens is 2. The number of fused-ring (bicyclic) bond motifs is 1. The second-order valence-corrected chi connectivity index (χ2v) is 8.54. The molecule has 1 saturated heterocycles. The second kappa shape index (κ2) is 9.10. The van der Waals surface area contributed by atoms with E-state index in [-0.39, 0.29) is 5.56 Å². The third kappa shape index (κ3) is 3.78. The number of rotatable bonds is 5. The van der Waals surface area contributed by atoms with Gasteiger partial charge < -0.3 is 23.8 Å². The lowest BCUT2D eigenvalue weighted by molar-refractivity contribution is -0.187. The van der Waals surface area contributed by atoms with Crippen molar-refractivity contribution in [3.8, 4) is 11.4 Å². The molecule has 36 heavy (non-hydrogen) atoms. The summed E-state index contributed by atoms with van der Waals surface area (Å²) in [4.78, 5) is 24.4. The number of oxime groups is 1. The zero-order valence-corrected chi connectivity index (χ0v) is 20.0. The molecule has 2 aliphatic rings. The summed E-state index contributed by atoms with van der Waals surface area (Å²) in [7, 11) is 2.76. The first-order valence-corrected chi connectivity index (χ1v) is 11.3. The molecule has 0 aliphatic carbocycles. The minimum Gasteiger partial charge on any atom is -0.495 e. The Morgan fingerprint density at radius 1 is 1.19 bits per heavy atom. The third-order valence-corrected chi connectivity index (χ3v) is 6.31. The number of hydrogen-bond donors (Lipinski definition) is 0. The second-order valence-electron chi connectivity index (χ2n) is 8.54. The topological polar surface area (TPSA) is 78.2 Å². The monoisotopic (exact) mass is 494 g/mol. The number of aromatic nitrogens is 2. The van der Waals surface area contributed by atoms with Crippen LogP contribution in [-0.4, -0.2) is 47.0 Å². The first-order valence-electron chi connectivity index (χ1n) is 11.3. The minimum atomic E-state index is -2.06. The first-order chi connectivity index (χ1) is 17.4. The summed E-state index contributed by atoms with van der Waals surface area (Å²) >= 11 is 0. The lowest BCUT2D eigenvalue weighted by atomic mass is 9.94. The Balaban J connectivity index is 1.53. The van der Waals surface area contributed by atoms with Crippen LogP contribution < -0.4 is 4.74 Å². The number of benzene rings is 2. The van der Waals surface area contributed by atoms with Gasteiger partial charge in [0.05, 0.1) is 37.5 Å². The van der Waals surface area contributed by atoms with E-state index in [9.17, 15) is 13.6 Å². The molecule has 8 nitrogen and oxygen atoms in total. The van der Waals surface area contributed by atoms with Gasteiger partial charge in [0.15, 0.2) is 5.84 Å². The third-order valence-electron chi connectivity index (χ3n) is 6.31. The van der Waals surface area contributed by atoms with E-state index < -0.39 is 23.3 Å². The quantitative estimate of drug-likeness (QED) is 0.492. The van der Waals surface area contributed by atoms with Crippen molar-refractivity contribution in [3.63, 3.8) is 0 Å². The zero-order valence-electron chi connectivity index (χ0n) is 20.0. The van der Waals surface area contributed by atoms with Crippen LogP contribution in [0.2, 0.25) is 0 Å². The van der Waals surface area contributed by atoms with Gasteiger partial charge in [-0.3, -0.25) is 0 Å². The van der Waals surface area contributed by atoms with Gasteiger partial charge in [-0.1, -0.05) is 11.2 Å². The fourth-order valence-electron chi connectivity index (χ4n) is 4.63. The minimum absolute atomic E-state index is 0.295. The van der Waals surface area contributed by atoms with Crippen LogP contribution in [0.4, 0.5) is 8.78 Å². The standard InChI is InChI=1S/C26H24F2N4O4/c1-16-14-31(15-29-16)22-9-6-17(12-23(22)34-2)11-18-5-4-10-32-24(18)30-36-26(32,25(33)35-3)20-13-19(27)7-8-21(20)28/h6-9,11-15H,4-5,10H2,1-3H3/b18-11+/t26-/m1/s1. The van der Waals surface area contributed by atoms with Crippen molar-refractivity contribution < 1.29 is 27.9 Å². The summed E-state index contributed by atoms with van der Waals surface area (Å²) < 4.78 is 41.4. The van der Waals surface area contributed by atoms with Gasteiger partial charge in [0.25, 0.3) is 0 Å². The van der Waals surface area contributed by atoms with Crippen molar-refractivity contribution in [1.82, 2.24) is 14.5 Å². The number of piperidine rings is 1. The van der Waals surface area contributed by atoms with Crippen LogP contribution in [0.1, 0.15) is 29.7 Å². The van der Waals surface area contributed by atoms with Gasteiger partial charge in [-0.2, -0.15) is 0 Å². The van der Waals surface area contributed by atoms with Crippen LogP contribution in [0.3, 0.4) is 0 Å². The molecule has 10 heteroatoms. The number of carbonyl (C=O) groups is 1. The molecule has 186 valence electrons. The number of aryl methyl sites for hydroxylation is 1. The molecule has 0 spiro atoms. The Bertz CT molecular complexity index is 1400. The van der Waals surface area contributed by atoms with E-state index >= 15 is 0 Å². The van der Waals surface area contributed by atoms with E-state index in [2.05, 4.69) is 10.1 Å². The van der Waals surface area contributed by atoms with E-state index in [0.29, 0.717) is 31.0 Å². The predicted molar refractivity (Wildman–Crippen MR) is 127 cm³/mol. The maximum absolute atomic E-state index is 14.9. The molecular weight excluding hydrogens is 470 g/mol. The van der Waals surface area contributed by atoms with Gasteiger partial charge in [-0.15, -0.1) is 0 Å². The fourth-order valence-corrected chi connectivity index (χ4v) is 4.63. The fraction of sp³-hybridized carbons (Fsp3) is 0.269. The molecule has 0 N–H and O–H groups in total. The van der Waals surface area contributed by atoms with E-state index in [0.717, 1.165) is 40.7 Å². The molecule has 1 atom stereocenters. The number of imidazole rings is 1. The summed E-state index contributed by atoms with van der Waals surface area (Å²) in [6, 6.07) is 8.59. The summed E-state index contributed by atoms with van der Waals surface area (Å²) in [5, 5.41) is 4.16. The lowest BCUT2D eigenvalue weighted by Crippen LogP contribution is -2.54. The highest BCUT2D eigenvalue weighted by Crippen LogP contribution is 2.42. The van der Waals surface area contributed by atoms with Gasteiger partial charge >= 0.3 is 11.7 Å². The van der Waals surface area contributed by atoms with Crippen molar-refractivity contribution in [3.05, 3.63) is 83.0 Å². The maximum Gasteiger partial charge on any atom is 0.380 e. The van der Waals surface area contributed by atoms with Gasteiger partial charge in [0, 0.05) is 12.7 Å². The number of nitrogens with zero attached hydrogens (tertiary/aromatic N) is 4. The molecule has 0 amide bonds. The average molecular weight is 494 g/mol. The Morgan fingerprint density at radius 3 is 2.75 bits per heavy atom. The number of carbonyl (C=O) groups excluding carboxylic acids is 1. The average Bonchev–Trinajstić information content (AvgIpc) is 3.50. The van der Waals surface area contributed by atoms with Gasteiger partial charge in [-0.05, 0) is 67.3 Å². The maximum atomic E-state index is 14.9. The SMILES string of the molecule is COC(=O)[C@@]1(c2cc(F)ccc2F)ON=C2/C(=C/c3ccc(-n4cnc(C)c4)c(OC)c3)CCCN21. The zero-order chi connectivity index (χ0) is 25.4. The van der Waals surface area contributed by atoms with E-state index in [4.69, 9.17) is 14.3 Å². The van der Waals surface area contributed by atoms with Crippen LogP contribution in [-0.2, 0) is 20.1 Å². The van der Waals surface area contributed by atoms with Crippen LogP contribution in [0.25, 0.3) is 11.8 Å². The summed E-state index contributed by atoms with van der Waals surface area (Å²) in [5.74, 6) is -1.40. The van der Waals surface area contributed by atoms with Gasteiger partial charge in [-0.25, -0.2) is 18.6 Å². The number of ether oxygens (including phenoxy) is 2. The molecular formula is C26H24F2N4O4. The van der Waals surface area contributed by atoms with Crippen molar-refractivity contribution in [2.75, 3.05) is 20.8 Å². The Kier molecular flexibility index (Phi) is 5.95. The number of hydrogen-bond acceptors (Lipinski definition) is 7. The molecule has 0 radical (unpaired) electrons. The predicted octanol–water partition coefficient (Wildman–Crippen LogP) is 4.32. The Morgan fingerprint density at radius 2 is 2.03 bits per heavy atom. The lowest BCUT2D eigenvalue weighted by Gasteiger charge is -2.37. The number of amidine groups is 1. The van der Waals surface area contributed by atoms with Crippen LogP contribution in [0.5, 0.6) is 5.75 Å². The normalized spacial score (nSPS) is 20.1. The molecule has 0 unspecified atom stereocenters. The summed E-state index contributed by atoms with van der Waals surface area (Å²) in [5.41, 5.74) is 0.968. The van der Waals surface area contributed by atoms with Crippen molar-refractivity contribution >= 4 is 17.9 Å². The van der Waals surface area contributed by atoms with Crippen molar-refractivity contribution in [2.24, 2.45) is 5.16 Å². The molecule has 2 aromatic carbocycles. The van der Waals surface area contributed by atoms with Crippen LogP contribution in [0, 0.1) is 18.6 Å². The van der Waals surface area contributed by atoms with Crippen molar-refractivity contribution in [2.45, 2.75) is 25.5 Å². The molecule has 5 rings (SSSR count). The molecule has 0 saturated carbocycles. The molecule has 1 aromatic heterocycles.